The molecule has 0 bridgehead atoms. The highest BCUT2D eigenvalue weighted by Gasteiger charge is 2.02. The van der Waals surface area contributed by atoms with Crippen LogP contribution in [0.2, 0.25) is 5.02 Å². The fourth-order valence-corrected chi connectivity index (χ4v) is 1.18. The molecule has 0 atom stereocenters. The summed E-state index contributed by atoms with van der Waals surface area (Å²) in [7, 11) is 0. The maximum atomic E-state index is 13.2. The number of para-hydroxylation sites is 1. The van der Waals surface area contributed by atoms with Gasteiger partial charge >= 0.3 is 0 Å². The molecule has 0 aliphatic rings. The van der Waals surface area contributed by atoms with Gasteiger partial charge in [0.15, 0.2) is 0 Å². The van der Waals surface area contributed by atoms with E-state index in [1.165, 1.54) is 11.6 Å². The Balaban J connectivity index is 2.90. The molecule has 1 nitrogen and oxygen atoms in total. The van der Waals surface area contributed by atoms with Gasteiger partial charge in [-0.05, 0) is 31.6 Å². The van der Waals surface area contributed by atoms with Crippen molar-refractivity contribution in [2.45, 2.75) is 20.3 Å². The van der Waals surface area contributed by atoms with Crippen LogP contribution in [0.3, 0.4) is 0 Å². The third kappa shape index (κ3) is 3.48. The molecule has 0 amide bonds. The Morgan fingerprint density at radius 1 is 1.53 bits per heavy atom. The Morgan fingerprint density at radius 2 is 2.27 bits per heavy atom. The zero-order valence-corrected chi connectivity index (χ0v) is 9.55. The molecule has 0 saturated carbocycles. The first kappa shape index (κ1) is 11.9. The van der Waals surface area contributed by atoms with Crippen LogP contribution < -0.4 is 0 Å². The third-order valence-electron chi connectivity index (χ3n) is 2.06. The number of hydrogen-bond acceptors (Lipinski definition) is 1. The van der Waals surface area contributed by atoms with Crippen LogP contribution in [0.15, 0.2) is 34.8 Å². The van der Waals surface area contributed by atoms with Crippen LogP contribution >= 0.6 is 11.6 Å². The van der Waals surface area contributed by atoms with E-state index in [1.807, 2.05) is 13.0 Å². The van der Waals surface area contributed by atoms with E-state index in [0.717, 1.165) is 6.42 Å². The molecule has 0 aliphatic heterocycles. The Bertz CT molecular complexity index is 376. The summed E-state index contributed by atoms with van der Waals surface area (Å²) >= 11 is 5.80. The van der Waals surface area contributed by atoms with Gasteiger partial charge in [-0.25, -0.2) is 4.39 Å². The van der Waals surface area contributed by atoms with Gasteiger partial charge in [-0.1, -0.05) is 30.2 Å². The summed E-state index contributed by atoms with van der Waals surface area (Å²) in [4.78, 5) is 3.98. The summed E-state index contributed by atoms with van der Waals surface area (Å²) < 4.78 is 13.2. The van der Waals surface area contributed by atoms with Crippen molar-refractivity contribution < 1.29 is 4.39 Å². The van der Waals surface area contributed by atoms with Gasteiger partial charge in [0.05, 0.1) is 5.02 Å². The predicted octanol–water partition coefficient (Wildman–Crippen LogP) is 4.54. The van der Waals surface area contributed by atoms with Crippen molar-refractivity contribution in [3.05, 3.63) is 40.7 Å². The largest absolute Gasteiger partial charge is 0.252 e. The van der Waals surface area contributed by atoms with Crippen LogP contribution in [0, 0.1) is 5.82 Å². The first-order valence-corrected chi connectivity index (χ1v) is 5.16. The summed E-state index contributed by atoms with van der Waals surface area (Å²) in [6.45, 7) is 4.05. The Kier molecular flexibility index (Phi) is 4.50. The number of aliphatic imine (C=N–C) groups is 1. The molecule has 1 aromatic carbocycles. The first-order chi connectivity index (χ1) is 7.15. The number of benzene rings is 1. The van der Waals surface area contributed by atoms with Gasteiger partial charge in [0.25, 0.3) is 0 Å². The van der Waals surface area contributed by atoms with Crippen LogP contribution in [0.1, 0.15) is 20.3 Å². The van der Waals surface area contributed by atoms with Crippen molar-refractivity contribution in [3.8, 4) is 0 Å². The second-order valence-corrected chi connectivity index (χ2v) is 3.62. The van der Waals surface area contributed by atoms with Crippen molar-refractivity contribution in [1.29, 1.82) is 0 Å². The fourth-order valence-electron chi connectivity index (χ4n) is 0.969. The van der Waals surface area contributed by atoms with Gasteiger partial charge in [-0.3, -0.25) is 4.99 Å². The molecule has 0 aliphatic carbocycles. The lowest BCUT2D eigenvalue weighted by atomic mass is 10.2. The molecule has 1 rings (SSSR count). The van der Waals surface area contributed by atoms with E-state index in [9.17, 15) is 4.39 Å². The average Bonchev–Trinajstić information content (AvgIpc) is 2.22. The number of hydrogen-bond donors (Lipinski definition) is 0. The Labute approximate surface area is 94.3 Å². The zero-order chi connectivity index (χ0) is 11.3. The van der Waals surface area contributed by atoms with Gasteiger partial charge in [0, 0.05) is 6.21 Å². The minimum absolute atomic E-state index is 0.194. The van der Waals surface area contributed by atoms with E-state index in [2.05, 4.69) is 11.9 Å². The minimum atomic E-state index is -0.402. The molecule has 1 aromatic rings. The SMILES string of the molecule is CC/C(C)=C/C=Nc1c(F)cccc1Cl. The number of nitrogens with zero attached hydrogens (tertiary/aromatic N) is 1. The van der Waals surface area contributed by atoms with Crippen LogP contribution in [0.25, 0.3) is 0 Å². The van der Waals surface area contributed by atoms with Crippen molar-refractivity contribution in [3.63, 3.8) is 0 Å². The average molecular weight is 226 g/mol. The molecule has 0 saturated heterocycles. The van der Waals surface area contributed by atoms with Gasteiger partial charge in [-0.2, -0.15) is 0 Å². The van der Waals surface area contributed by atoms with E-state index >= 15 is 0 Å². The number of halogens is 2. The lowest BCUT2D eigenvalue weighted by molar-refractivity contribution is 0.630. The van der Waals surface area contributed by atoms with Gasteiger partial charge in [0.2, 0.25) is 0 Å². The fraction of sp³-hybridized carbons (Fsp3) is 0.250. The highest BCUT2D eigenvalue weighted by atomic mass is 35.5. The van der Waals surface area contributed by atoms with Gasteiger partial charge in [0.1, 0.15) is 11.5 Å². The van der Waals surface area contributed by atoms with Crippen LogP contribution in [0.4, 0.5) is 10.1 Å². The monoisotopic (exact) mass is 225 g/mol. The molecule has 15 heavy (non-hydrogen) atoms. The van der Waals surface area contributed by atoms with E-state index < -0.39 is 5.82 Å². The normalized spacial score (nSPS) is 12.4. The lowest BCUT2D eigenvalue weighted by Gasteiger charge is -1.98. The predicted molar refractivity (Wildman–Crippen MR) is 63.6 cm³/mol. The molecule has 0 unspecified atom stereocenters. The Morgan fingerprint density at radius 3 is 2.87 bits per heavy atom. The molecular weight excluding hydrogens is 213 g/mol. The maximum Gasteiger partial charge on any atom is 0.150 e. The summed E-state index contributed by atoms with van der Waals surface area (Å²) in [6.07, 6.45) is 4.38. The topological polar surface area (TPSA) is 12.4 Å². The highest BCUT2D eigenvalue weighted by molar-refractivity contribution is 6.33. The van der Waals surface area contributed by atoms with Crippen LogP contribution in [-0.4, -0.2) is 6.21 Å². The minimum Gasteiger partial charge on any atom is -0.252 e. The van der Waals surface area contributed by atoms with Crippen molar-refractivity contribution in [2.75, 3.05) is 0 Å². The molecule has 0 fully saturated rings. The van der Waals surface area contributed by atoms with E-state index in [4.69, 9.17) is 11.6 Å². The van der Waals surface area contributed by atoms with Crippen LogP contribution in [0.5, 0.6) is 0 Å². The second kappa shape index (κ2) is 5.66. The smallest absolute Gasteiger partial charge is 0.150 e. The van der Waals surface area contributed by atoms with E-state index in [-0.39, 0.29) is 5.69 Å². The van der Waals surface area contributed by atoms with Crippen molar-refractivity contribution in [1.82, 2.24) is 0 Å². The third-order valence-corrected chi connectivity index (χ3v) is 2.36. The molecule has 0 N–H and O–H groups in total. The summed E-state index contributed by atoms with van der Waals surface area (Å²) in [5, 5.41) is 0.328. The number of rotatable bonds is 3. The van der Waals surface area contributed by atoms with Crippen molar-refractivity contribution >= 4 is 23.5 Å². The molecule has 0 radical (unpaired) electrons. The highest BCUT2D eigenvalue weighted by Crippen LogP contribution is 2.27. The van der Waals surface area contributed by atoms with Gasteiger partial charge in [-0.15, -0.1) is 0 Å². The molecule has 0 spiro atoms. The zero-order valence-electron chi connectivity index (χ0n) is 8.80. The molecule has 0 aromatic heterocycles. The van der Waals surface area contributed by atoms with Crippen molar-refractivity contribution in [2.24, 2.45) is 4.99 Å². The molecule has 3 heteroatoms. The van der Waals surface area contributed by atoms with Crippen LogP contribution in [-0.2, 0) is 0 Å². The van der Waals surface area contributed by atoms with E-state index in [0.29, 0.717) is 5.02 Å². The Hall–Kier alpha value is -1.15. The lowest BCUT2D eigenvalue weighted by Crippen LogP contribution is -1.78. The second-order valence-electron chi connectivity index (χ2n) is 3.22. The summed E-state index contributed by atoms with van der Waals surface area (Å²) in [5.41, 5.74) is 1.38. The maximum absolute atomic E-state index is 13.2. The van der Waals surface area contributed by atoms with E-state index in [1.54, 1.807) is 18.3 Å². The molecular formula is C12H13ClFN. The summed E-state index contributed by atoms with van der Waals surface area (Å²) in [5.74, 6) is -0.402. The van der Waals surface area contributed by atoms with Gasteiger partial charge < -0.3 is 0 Å². The quantitative estimate of drug-likeness (QED) is 0.670. The molecule has 0 heterocycles. The summed E-state index contributed by atoms with van der Waals surface area (Å²) in [6, 6.07) is 4.52. The first-order valence-electron chi connectivity index (χ1n) is 4.79. The number of allylic oxidation sites excluding steroid dienone is 2. The standard InChI is InChI=1S/C12H13ClFN/c1-3-9(2)7-8-15-12-10(13)5-4-6-11(12)14/h4-8H,3H2,1-2H3/b9-7+,15-8?. The molecule has 80 valence electrons.